The van der Waals surface area contributed by atoms with Gasteiger partial charge in [0.15, 0.2) is 0 Å². The summed E-state index contributed by atoms with van der Waals surface area (Å²) in [4.78, 5) is 41.4. The van der Waals surface area contributed by atoms with E-state index in [-0.39, 0.29) is 19.8 Å². The van der Waals surface area contributed by atoms with Gasteiger partial charge in [-0.1, -0.05) is 59.6 Å². The summed E-state index contributed by atoms with van der Waals surface area (Å²) in [7, 11) is 0. The number of hydrogen-bond donors (Lipinski definition) is 4. The van der Waals surface area contributed by atoms with Crippen molar-refractivity contribution >= 4 is 46.8 Å². The van der Waals surface area contributed by atoms with Crippen LogP contribution in [0.15, 0.2) is 72.9 Å². The van der Waals surface area contributed by atoms with Gasteiger partial charge in [0.25, 0.3) is 0 Å². The fourth-order valence-corrected chi connectivity index (χ4v) is 3.95. The molecule has 194 valence electrons. The number of carbonyl (C=O) groups is 3. The molecule has 0 aliphatic carbocycles. The summed E-state index contributed by atoms with van der Waals surface area (Å²) >= 11 is 12.2. The van der Waals surface area contributed by atoms with Gasteiger partial charge in [0, 0.05) is 16.2 Å². The summed E-state index contributed by atoms with van der Waals surface area (Å²) in [6.07, 6.45) is 1.16. The standard InChI is InChI=1S/C26H26Cl2N4O5/c27-19-10-18(11-20(28)12-19)21(13-25(34)35)32-26(36)22(16-37-15-17-6-2-1-3-7-17)31-24(33)14-30-23-8-4-5-9-29-23/h1-12,21-22H,13-16H2,(H,29,30)(H,31,33)(H,32,36)(H,34,35). The minimum absolute atomic E-state index is 0.137. The number of amides is 2. The van der Waals surface area contributed by atoms with Crippen LogP contribution in [0.4, 0.5) is 5.82 Å². The largest absolute Gasteiger partial charge is 0.481 e. The molecule has 11 heteroatoms. The highest BCUT2D eigenvalue weighted by Gasteiger charge is 2.26. The lowest BCUT2D eigenvalue weighted by atomic mass is 10.0. The number of halogens is 2. The zero-order valence-corrected chi connectivity index (χ0v) is 21.2. The first-order valence-corrected chi connectivity index (χ1v) is 12.1. The van der Waals surface area contributed by atoms with Crippen molar-refractivity contribution in [3.8, 4) is 0 Å². The fourth-order valence-electron chi connectivity index (χ4n) is 3.41. The van der Waals surface area contributed by atoms with Crippen LogP contribution in [0.5, 0.6) is 0 Å². The topological polar surface area (TPSA) is 130 Å². The molecule has 0 aliphatic rings. The molecule has 9 nitrogen and oxygen atoms in total. The van der Waals surface area contributed by atoms with E-state index in [1.165, 1.54) is 18.2 Å². The van der Waals surface area contributed by atoms with Gasteiger partial charge in [-0.3, -0.25) is 14.4 Å². The van der Waals surface area contributed by atoms with Gasteiger partial charge in [0.1, 0.15) is 11.9 Å². The number of aromatic nitrogens is 1. The first kappa shape index (κ1) is 27.9. The Hall–Kier alpha value is -3.66. The number of pyridine rings is 1. The summed E-state index contributed by atoms with van der Waals surface area (Å²) < 4.78 is 5.71. The lowest BCUT2D eigenvalue weighted by molar-refractivity contribution is -0.138. The highest BCUT2D eigenvalue weighted by Crippen LogP contribution is 2.25. The van der Waals surface area contributed by atoms with Gasteiger partial charge < -0.3 is 25.8 Å². The van der Waals surface area contributed by atoms with Gasteiger partial charge in [-0.15, -0.1) is 0 Å². The molecule has 3 rings (SSSR count). The lowest BCUT2D eigenvalue weighted by Gasteiger charge is -2.23. The molecule has 4 N–H and O–H groups in total. The van der Waals surface area contributed by atoms with E-state index in [0.29, 0.717) is 21.4 Å². The van der Waals surface area contributed by atoms with Crippen LogP contribution in [-0.4, -0.2) is 47.1 Å². The zero-order chi connectivity index (χ0) is 26.6. The number of carbonyl (C=O) groups excluding carboxylic acids is 2. The van der Waals surface area contributed by atoms with E-state index in [2.05, 4.69) is 20.9 Å². The molecule has 0 saturated heterocycles. The molecule has 0 fully saturated rings. The number of nitrogens with zero attached hydrogens (tertiary/aromatic N) is 1. The molecule has 2 amide bonds. The highest BCUT2D eigenvalue weighted by molar-refractivity contribution is 6.34. The molecule has 0 aliphatic heterocycles. The van der Waals surface area contributed by atoms with Crippen molar-refractivity contribution in [2.45, 2.75) is 25.1 Å². The van der Waals surface area contributed by atoms with Crippen LogP contribution >= 0.6 is 23.2 Å². The van der Waals surface area contributed by atoms with Crippen LogP contribution in [0.3, 0.4) is 0 Å². The number of aliphatic carboxylic acids is 1. The third-order valence-electron chi connectivity index (χ3n) is 5.13. The molecule has 2 atom stereocenters. The van der Waals surface area contributed by atoms with Crippen molar-refractivity contribution in [1.29, 1.82) is 0 Å². The van der Waals surface area contributed by atoms with E-state index >= 15 is 0 Å². The summed E-state index contributed by atoms with van der Waals surface area (Å²) in [5, 5.41) is 18.2. The van der Waals surface area contributed by atoms with Crippen LogP contribution in [0, 0.1) is 0 Å². The summed E-state index contributed by atoms with van der Waals surface area (Å²) in [5.74, 6) is -1.74. The molecule has 3 aromatic rings. The molecular formula is C26H26Cl2N4O5. The summed E-state index contributed by atoms with van der Waals surface area (Å²) in [6, 6.07) is 17.1. The maximum absolute atomic E-state index is 13.2. The normalized spacial score (nSPS) is 12.3. The number of rotatable bonds is 13. The van der Waals surface area contributed by atoms with Gasteiger partial charge in [-0.2, -0.15) is 0 Å². The minimum atomic E-state index is -1.14. The molecule has 37 heavy (non-hydrogen) atoms. The van der Waals surface area contributed by atoms with Gasteiger partial charge in [0.05, 0.1) is 32.2 Å². The quantitative estimate of drug-likeness (QED) is 0.257. The SMILES string of the molecule is O=C(O)CC(NC(=O)C(COCc1ccccc1)NC(=O)CNc1ccccn1)c1cc(Cl)cc(Cl)c1. The predicted molar refractivity (Wildman–Crippen MR) is 140 cm³/mol. The zero-order valence-electron chi connectivity index (χ0n) is 19.7. The van der Waals surface area contributed by atoms with Crippen molar-refractivity contribution in [3.63, 3.8) is 0 Å². The number of nitrogens with one attached hydrogen (secondary N) is 3. The molecule has 0 spiro atoms. The monoisotopic (exact) mass is 544 g/mol. The Morgan fingerprint density at radius 2 is 1.65 bits per heavy atom. The number of ether oxygens (including phenoxy) is 1. The van der Waals surface area contributed by atoms with Crippen LogP contribution < -0.4 is 16.0 Å². The van der Waals surface area contributed by atoms with Gasteiger partial charge in [-0.05, 0) is 41.5 Å². The molecule has 1 aromatic heterocycles. The molecule has 2 aromatic carbocycles. The third-order valence-corrected chi connectivity index (χ3v) is 5.56. The second-order valence-corrected chi connectivity index (χ2v) is 8.92. The smallest absolute Gasteiger partial charge is 0.305 e. The Morgan fingerprint density at radius 1 is 0.946 bits per heavy atom. The third kappa shape index (κ3) is 9.72. The molecular weight excluding hydrogens is 519 g/mol. The number of carboxylic acids is 1. The second kappa shape index (κ2) is 14.2. The Kier molecular flexibility index (Phi) is 10.7. The fraction of sp³-hybridized carbons (Fsp3) is 0.231. The van der Waals surface area contributed by atoms with Crippen LogP contribution in [0.1, 0.15) is 23.6 Å². The van der Waals surface area contributed by atoms with Gasteiger partial charge >= 0.3 is 5.97 Å². The van der Waals surface area contributed by atoms with Crippen molar-refractivity contribution in [2.24, 2.45) is 0 Å². The number of carboxylic acid groups (broad SMARTS) is 1. The van der Waals surface area contributed by atoms with E-state index < -0.39 is 36.3 Å². The van der Waals surface area contributed by atoms with Crippen molar-refractivity contribution in [2.75, 3.05) is 18.5 Å². The van der Waals surface area contributed by atoms with Crippen LogP contribution in [0.2, 0.25) is 10.0 Å². The van der Waals surface area contributed by atoms with Crippen molar-refractivity contribution in [3.05, 3.63) is 94.1 Å². The van der Waals surface area contributed by atoms with Crippen LogP contribution in [-0.2, 0) is 25.7 Å². The molecule has 0 saturated carbocycles. The molecule has 0 bridgehead atoms. The Bertz CT molecular complexity index is 1180. The Labute approximate surface area is 224 Å². The summed E-state index contributed by atoms with van der Waals surface area (Å²) in [5.41, 5.74) is 1.31. The maximum Gasteiger partial charge on any atom is 0.305 e. The van der Waals surface area contributed by atoms with E-state index in [0.717, 1.165) is 5.56 Å². The second-order valence-electron chi connectivity index (χ2n) is 8.05. The number of anilines is 1. The highest BCUT2D eigenvalue weighted by atomic mass is 35.5. The average molecular weight is 545 g/mol. The Morgan fingerprint density at radius 3 is 2.30 bits per heavy atom. The molecule has 0 radical (unpaired) electrons. The van der Waals surface area contributed by atoms with Crippen molar-refractivity contribution in [1.82, 2.24) is 15.6 Å². The Balaban J connectivity index is 1.71. The molecule has 1 heterocycles. The average Bonchev–Trinajstić information content (AvgIpc) is 2.87. The predicted octanol–water partition coefficient (Wildman–Crippen LogP) is 3.83. The van der Waals surface area contributed by atoms with Crippen molar-refractivity contribution < 1.29 is 24.2 Å². The van der Waals surface area contributed by atoms with E-state index in [9.17, 15) is 19.5 Å². The van der Waals surface area contributed by atoms with Gasteiger partial charge in [0.2, 0.25) is 11.8 Å². The van der Waals surface area contributed by atoms with E-state index in [1.807, 2.05) is 30.3 Å². The minimum Gasteiger partial charge on any atom is -0.481 e. The van der Waals surface area contributed by atoms with E-state index in [1.54, 1.807) is 24.4 Å². The first-order valence-electron chi connectivity index (χ1n) is 11.3. The maximum atomic E-state index is 13.2. The van der Waals surface area contributed by atoms with Gasteiger partial charge in [-0.25, -0.2) is 4.98 Å². The molecule has 2 unspecified atom stereocenters. The van der Waals surface area contributed by atoms with E-state index in [4.69, 9.17) is 27.9 Å². The number of benzene rings is 2. The summed E-state index contributed by atoms with van der Waals surface area (Å²) in [6.45, 7) is -0.0663. The lowest BCUT2D eigenvalue weighted by Crippen LogP contribution is -2.51. The van der Waals surface area contributed by atoms with Crippen LogP contribution in [0.25, 0.3) is 0 Å². The first-order chi connectivity index (χ1) is 17.8. The number of hydrogen-bond acceptors (Lipinski definition) is 6.